The van der Waals surface area contributed by atoms with Crippen LogP contribution in [0, 0.1) is 5.82 Å². The number of para-hydroxylation sites is 1. The predicted molar refractivity (Wildman–Crippen MR) is 105 cm³/mol. The average molecular weight is 384 g/mol. The highest BCUT2D eigenvalue weighted by Gasteiger charge is 2.10. The molecular formula is C20H15ClFN3O2. The number of anilines is 3. The smallest absolute Gasteiger partial charge is 0.322 e. The number of hydrogen-bond donors (Lipinski definition) is 3. The molecule has 0 aliphatic carbocycles. The first kappa shape index (κ1) is 18.4. The molecule has 0 aliphatic heterocycles. The summed E-state index contributed by atoms with van der Waals surface area (Å²) in [6.45, 7) is 0. The highest BCUT2D eigenvalue weighted by atomic mass is 35.5. The minimum atomic E-state index is -0.565. The van der Waals surface area contributed by atoms with Crippen molar-refractivity contribution in [1.82, 2.24) is 0 Å². The van der Waals surface area contributed by atoms with Crippen LogP contribution in [-0.2, 0) is 0 Å². The Hall–Kier alpha value is -3.38. The monoisotopic (exact) mass is 383 g/mol. The third-order valence-electron chi connectivity index (χ3n) is 3.59. The standard InChI is InChI=1S/C20H15ClFN3O2/c21-17-12-16(9-10-18(17)22)23-19(26)13-5-4-8-15(11-13)25-20(27)24-14-6-2-1-3-7-14/h1-12H,(H,23,26)(H2,24,25,27). The Bertz CT molecular complexity index is 980. The predicted octanol–water partition coefficient (Wildman–Crippen LogP) is 5.38. The first-order valence-corrected chi connectivity index (χ1v) is 8.38. The van der Waals surface area contributed by atoms with Crippen LogP contribution < -0.4 is 16.0 Å². The molecule has 5 nitrogen and oxygen atoms in total. The largest absolute Gasteiger partial charge is 0.323 e. The fourth-order valence-corrected chi connectivity index (χ4v) is 2.51. The molecule has 0 fully saturated rings. The second kappa shape index (κ2) is 8.33. The van der Waals surface area contributed by atoms with E-state index in [1.54, 1.807) is 30.3 Å². The van der Waals surface area contributed by atoms with Crippen LogP contribution >= 0.6 is 11.6 Å². The molecule has 27 heavy (non-hydrogen) atoms. The van der Waals surface area contributed by atoms with Gasteiger partial charge in [0.15, 0.2) is 0 Å². The average Bonchev–Trinajstić information content (AvgIpc) is 2.65. The number of urea groups is 1. The minimum absolute atomic E-state index is 0.0826. The molecule has 3 amide bonds. The lowest BCUT2D eigenvalue weighted by Gasteiger charge is -2.10. The van der Waals surface area contributed by atoms with E-state index in [0.717, 1.165) is 0 Å². The molecule has 3 N–H and O–H groups in total. The first-order valence-electron chi connectivity index (χ1n) is 8.01. The van der Waals surface area contributed by atoms with Crippen LogP contribution in [0.2, 0.25) is 5.02 Å². The maximum Gasteiger partial charge on any atom is 0.323 e. The molecule has 0 radical (unpaired) electrons. The highest BCUT2D eigenvalue weighted by Crippen LogP contribution is 2.20. The van der Waals surface area contributed by atoms with E-state index in [1.807, 2.05) is 18.2 Å². The Morgan fingerprint density at radius 3 is 2.15 bits per heavy atom. The molecule has 0 spiro atoms. The third-order valence-corrected chi connectivity index (χ3v) is 3.88. The number of hydrogen-bond acceptors (Lipinski definition) is 2. The normalized spacial score (nSPS) is 10.1. The molecule has 0 unspecified atom stereocenters. The Morgan fingerprint density at radius 2 is 1.41 bits per heavy atom. The van der Waals surface area contributed by atoms with Crippen LogP contribution in [0.4, 0.5) is 26.2 Å². The van der Waals surface area contributed by atoms with Crippen LogP contribution in [0.25, 0.3) is 0 Å². The van der Waals surface area contributed by atoms with Gasteiger partial charge in [0, 0.05) is 22.6 Å². The van der Waals surface area contributed by atoms with Crippen LogP contribution in [0.15, 0.2) is 72.8 Å². The summed E-state index contributed by atoms with van der Waals surface area (Å²) in [5.41, 5.74) is 1.80. The number of halogens is 2. The van der Waals surface area contributed by atoms with E-state index in [0.29, 0.717) is 22.6 Å². The molecule has 0 aliphatic rings. The van der Waals surface area contributed by atoms with E-state index in [1.165, 1.54) is 24.3 Å². The fourth-order valence-electron chi connectivity index (χ4n) is 2.33. The third kappa shape index (κ3) is 5.05. The summed E-state index contributed by atoms with van der Waals surface area (Å²) in [6, 6.07) is 18.9. The minimum Gasteiger partial charge on any atom is -0.322 e. The zero-order valence-corrected chi connectivity index (χ0v) is 14.8. The molecule has 7 heteroatoms. The van der Waals surface area contributed by atoms with E-state index in [4.69, 9.17) is 11.6 Å². The van der Waals surface area contributed by atoms with Gasteiger partial charge in [-0.2, -0.15) is 0 Å². The van der Waals surface area contributed by atoms with Crippen LogP contribution in [-0.4, -0.2) is 11.9 Å². The molecule has 3 aromatic carbocycles. The van der Waals surface area contributed by atoms with Gasteiger partial charge in [-0.1, -0.05) is 35.9 Å². The van der Waals surface area contributed by atoms with E-state index in [-0.39, 0.29) is 5.02 Å². The molecular weight excluding hydrogens is 369 g/mol. The summed E-state index contributed by atoms with van der Waals surface area (Å²) in [7, 11) is 0. The highest BCUT2D eigenvalue weighted by molar-refractivity contribution is 6.31. The second-order valence-electron chi connectivity index (χ2n) is 5.61. The molecule has 0 saturated carbocycles. The molecule has 0 bridgehead atoms. The fraction of sp³-hybridized carbons (Fsp3) is 0. The van der Waals surface area contributed by atoms with Crippen molar-refractivity contribution in [1.29, 1.82) is 0 Å². The molecule has 0 saturated heterocycles. The van der Waals surface area contributed by atoms with Crippen molar-refractivity contribution in [2.24, 2.45) is 0 Å². The first-order chi connectivity index (χ1) is 13.0. The van der Waals surface area contributed by atoms with Gasteiger partial charge in [0.05, 0.1) is 5.02 Å². The van der Waals surface area contributed by atoms with Gasteiger partial charge in [0.25, 0.3) is 5.91 Å². The molecule has 0 aromatic heterocycles. The number of benzene rings is 3. The summed E-state index contributed by atoms with van der Waals surface area (Å²) >= 11 is 5.71. The number of amides is 3. The summed E-state index contributed by atoms with van der Waals surface area (Å²) in [4.78, 5) is 24.4. The topological polar surface area (TPSA) is 70.2 Å². The lowest BCUT2D eigenvalue weighted by atomic mass is 10.2. The quantitative estimate of drug-likeness (QED) is 0.566. The van der Waals surface area contributed by atoms with Gasteiger partial charge >= 0.3 is 6.03 Å². The van der Waals surface area contributed by atoms with Crippen LogP contribution in [0.3, 0.4) is 0 Å². The summed E-state index contributed by atoms with van der Waals surface area (Å²) in [6.07, 6.45) is 0. The maximum atomic E-state index is 13.2. The SMILES string of the molecule is O=C(Nc1ccccc1)Nc1cccc(C(=O)Nc2ccc(F)c(Cl)c2)c1. The molecule has 136 valence electrons. The van der Waals surface area contributed by atoms with E-state index in [9.17, 15) is 14.0 Å². The Balaban J connectivity index is 1.66. The Morgan fingerprint density at radius 1 is 0.741 bits per heavy atom. The van der Waals surface area contributed by atoms with E-state index < -0.39 is 17.8 Å². The van der Waals surface area contributed by atoms with Crippen molar-refractivity contribution in [3.05, 3.63) is 89.2 Å². The lowest BCUT2D eigenvalue weighted by molar-refractivity contribution is 0.102. The van der Waals surface area contributed by atoms with Gasteiger partial charge in [-0.05, 0) is 48.5 Å². The van der Waals surface area contributed by atoms with Gasteiger partial charge < -0.3 is 16.0 Å². The number of rotatable bonds is 4. The lowest BCUT2D eigenvalue weighted by Crippen LogP contribution is -2.20. The van der Waals surface area contributed by atoms with Gasteiger partial charge in [0.1, 0.15) is 5.82 Å². The summed E-state index contributed by atoms with van der Waals surface area (Å²) in [5.74, 6) is -0.977. The molecule has 0 heterocycles. The van der Waals surface area contributed by atoms with Crippen molar-refractivity contribution in [2.75, 3.05) is 16.0 Å². The number of nitrogens with one attached hydrogen (secondary N) is 3. The van der Waals surface area contributed by atoms with Crippen LogP contribution in [0.5, 0.6) is 0 Å². The number of carbonyl (C=O) groups is 2. The van der Waals surface area contributed by atoms with Gasteiger partial charge in [-0.15, -0.1) is 0 Å². The van der Waals surface area contributed by atoms with Gasteiger partial charge in [0.2, 0.25) is 0 Å². The van der Waals surface area contributed by atoms with Crippen molar-refractivity contribution in [3.8, 4) is 0 Å². The summed E-state index contributed by atoms with van der Waals surface area (Å²) < 4.78 is 13.2. The number of carbonyl (C=O) groups excluding carboxylic acids is 2. The van der Waals surface area contributed by atoms with Crippen molar-refractivity contribution >= 4 is 40.6 Å². The molecule has 3 rings (SSSR count). The van der Waals surface area contributed by atoms with Gasteiger partial charge in [-0.3, -0.25) is 4.79 Å². The Kier molecular flexibility index (Phi) is 5.68. The Labute approximate surface area is 160 Å². The van der Waals surface area contributed by atoms with Crippen molar-refractivity contribution in [2.45, 2.75) is 0 Å². The zero-order valence-electron chi connectivity index (χ0n) is 14.0. The van der Waals surface area contributed by atoms with Crippen molar-refractivity contribution in [3.63, 3.8) is 0 Å². The van der Waals surface area contributed by atoms with E-state index >= 15 is 0 Å². The van der Waals surface area contributed by atoms with Crippen LogP contribution in [0.1, 0.15) is 10.4 Å². The van der Waals surface area contributed by atoms with Gasteiger partial charge in [-0.25, -0.2) is 9.18 Å². The molecule has 0 atom stereocenters. The molecule has 3 aromatic rings. The second-order valence-corrected chi connectivity index (χ2v) is 6.02. The maximum absolute atomic E-state index is 13.2. The van der Waals surface area contributed by atoms with Crippen molar-refractivity contribution < 1.29 is 14.0 Å². The van der Waals surface area contributed by atoms with E-state index in [2.05, 4.69) is 16.0 Å². The zero-order chi connectivity index (χ0) is 19.2. The summed E-state index contributed by atoms with van der Waals surface area (Å²) in [5, 5.41) is 7.90.